The van der Waals surface area contributed by atoms with Crippen molar-refractivity contribution in [3.05, 3.63) is 44.5 Å². The zero-order valence-corrected chi connectivity index (χ0v) is 13.2. The molecule has 0 unspecified atom stereocenters. The van der Waals surface area contributed by atoms with Crippen molar-refractivity contribution < 1.29 is 19.4 Å². The van der Waals surface area contributed by atoms with E-state index < -0.39 is 5.97 Å². The number of aromatic nitrogens is 1. The van der Waals surface area contributed by atoms with Crippen LogP contribution in [0.2, 0.25) is 0 Å². The second-order valence-electron chi connectivity index (χ2n) is 4.48. The molecule has 2 aromatic rings. The Hall–Kier alpha value is -2.28. The summed E-state index contributed by atoms with van der Waals surface area (Å²) < 4.78 is 12.1. The van der Waals surface area contributed by atoms with Crippen LogP contribution in [0.1, 0.15) is 22.3 Å². The normalized spacial score (nSPS) is 10.5. The Kier molecular flexibility index (Phi) is 5.21. The largest absolute Gasteiger partial charge is 0.497 e. The van der Waals surface area contributed by atoms with E-state index in [0.717, 1.165) is 17.1 Å². The van der Waals surface area contributed by atoms with Crippen LogP contribution in [0, 0.1) is 0 Å². The molecule has 0 fully saturated rings. The molecule has 0 spiro atoms. The third kappa shape index (κ3) is 3.48. The molecule has 6 nitrogen and oxygen atoms in total. The molecule has 1 heterocycles. The first-order valence-electron chi connectivity index (χ1n) is 6.79. The molecule has 1 aromatic heterocycles. The van der Waals surface area contributed by atoms with Gasteiger partial charge in [-0.15, -0.1) is 0 Å². The summed E-state index contributed by atoms with van der Waals surface area (Å²) >= 11 is 0.761. The molecule has 118 valence electrons. The Bertz CT molecular complexity index is 702. The van der Waals surface area contributed by atoms with Gasteiger partial charge >= 0.3 is 10.8 Å². The molecule has 1 N–H and O–H groups in total. The van der Waals surface area contributed by atoms with Gasteiger partial charge in [-0.05, 0) is 30.7 Å². The monoisotopic (exact) mass is 323 g/mol. The van der Waals surface area contributed by atoms with E-state index in [-0.39, 0.29) is 16.4 Å². The number of carbonyl (C=O) groups is 1. The highest BCUT2D eigenvalue weighted by molar-refractivity contribution is 7.11. The molecule has 0 radical (unpaired) electrons. The molecular formula is C15H17NO5S. The van der Waals surface area contributed by atoms with Crippen molar-refractivity contribution in [2.24, 2.45) is 0 Å². The number of hydrogen-bond donors (Lipinski definition) is 1. The summed E-state index contributed by atoms with van der Waals surface area (Å²) in [5, 5.41) is 9.10. The number of carboxylic acids is 1. The van der Waals surface area contributed by atoms with E-state index in [4.69, 9.17) is 14.6 Å². The third-order valence-corrected chi connectivity index (χ3v) is 4.18. The molecule has 0 atom stereocenters. The SMILES string of the molecule is CCc1c(C(=O)O)sc(=O)n1CCOc1ccc(OC)cc1. The minimum atomic E-state index is -1.06. The van der Waals surface area contributed by atoms with Gasteiger partial charge < -0.3 is 14.6 Å². The second kappa shape index (κ2) is 7.13. The molecule has 1 aromatic carbocycles. The molecule has 0 aliphatic carbocycles. The maximum Gasteiger partial charge on any atom is 0.347 e. The average molecular weight is 323 g/mol. The minimum absolute atomic E-state index is 0.108. The van der Waals surface area contributed by atoms with Crippen molar-refractivity contribution in [2.75, 3.05) is 13.7 Å². The predicted octanol–water partition coefficient (Wildman–Crippen LogP) is 2.26. The van der Waals surface area contributed by atoms with Crippen LogP contribution in [0.15, 0.2) is 29.1 Å². The number of nitrogens with zero attached hydrogens (tertiary/aromatic N) is 1. The van der Waals surface area contributed by atoms with Gasteiger partial charge in [0.15, 0.2) is 0 Å². The van der Waals surface area contributed by atoms with E-state index >= 15 is 0 Å². The number of thiazole rings is 1. The van der Waals surface area contributed by atoms with Crippen molar-refractivity contribution in [3.8, 4) is 11.5 Å². The molecule has 0 saturated carbocycles. The topological polar surface area (TPSA) is 77.8 Å². The van der Waals surface area contributed by atoms with E-state index in [1.807, 2.05) is 6.92 Å². The molecular weight excluding hydrogens is 306 g/mol. The molecule has 0 aliphatic rings. The highest BCUT2D eigenvalue weighted by atomic mass is 32.1. The van der Waals surface area contributed by atoms with Gasteiger partial charge in [0.2, 0.25) is 0 Å². The van der Waals surface area contributed by atoms with Crippen molar-refractivity contribution in [1.29, 1.82) is 0 Å². The molecule has 22 heavy (non-hydrogen) atoms. The predicted molar refractivity (Wildman–Crippen MR) is 83.4 cm³/mol. The van der Waals surface area contributed by atoms with Crippen molar-refractivity contribution in [1.82, 2.24) is 4.57 Å². The van der Waals surface area contributed by atoms with E-state index in [9.17, 15) is 9.59 Å². The van der Waals surface area contributed by atoms with E-state index in [2.05, 4.69) is 0 Å². The number of aromatic carboxylic acids is 1. The van der Waals surface area contributed by atoms with E-state index in [0.29, 0.717) is 24.4 Å². The number of carboxylic acid groups (broad SMARTS) is 1. The Morgan fingerprint density at radius 2 is 1.91 bits per heavy atom. The average Bonchev–Trinajstić information content (AvgIpc) is 2.84. The van der Waals surface area contributed by atoms with Gasteiger partial charge in [0.05, 0.1) is 13.7 Å². The van der Waals surface area contributed by atoms with E-state index in [1.165, 1.54) is 4.57 Å². The van der Waals surface area contributed by atoms with Crippen LogP contribution >= 0.6 is 11.3 Å². The summed E-state index contributed by atoms with van der Waals surface area (Å²) in [4.78, 5) is 22.9. The van der Waals surface area contributed by atoms with Crippen LogP contribution in [0.25, 0.3) is 0 Å². The summed E-state index contributed by atoms with van der Waals surface area (Å²) in [5.41, 5.74) is 0.542. The van der Waals surface area contributed by atoms with Gasteiger partial charge in [-0.25, -0.2) is 4.79 Å². The second-order valence-corrected chi connectivity index (χ2v) is 5.44. The Morgan fingerprint density at radius 1 is 1.27 bits per heavy atom. The van der Waals surface area contributed by atoms with Gasteiger partial charge in [0, 0.05) is 5.69 Å². The third-order valence-electron chi connectivity index (χ3n) is 3.17. The van der Waals surface area contributed by atoms with Gasteiger partial charge in [-0.1, -0.05) is 18.3 Å². The van der Waals surface area contributed by atoms with Crippen molar-refractivity contribution in [2.45, 2.75) is 19.9 Å². The zero-order chi connectivity index (χ0) is 16.1. The van der Waals surface area contributed by atoms with Crippen LogP contribution in [0.3, 0.4) is 0 Å². The Morgan fingerprint density at radius 3 is 2.45 bits per heavy atom. The summed E-state index contributed by atoms with van der Waals surface area (Å²) in [5.74, 6) is 0.343. The number of benzene rings is 1. The van der Waals surface area contributed by atoms with E-state index in [1.54, 1.807) is 31.4 Å². The number of rotatable bonds is 7. The maximum atomic E-state index is 11.9. The number of hydrogen-bond acceptors (Lipinski definition) is 5. The lowest BCUT2D eigenvalue weighted by molar-refractivity contribution is 0.0700. The number of methoxy groups -OCH3 is 1. The summed E-state index contributed by atoms with van der Waals surface area (Å²) in [7, 11) is 1.59. The summed E-state index contributed by atoms with van der Waals surface area (Å²) in [6, 6.07) is 7.12. The van der Waals surface area contributed by atoms with Crippen molar-refractivity contribution >= 4 is 17.3 Å². The standard InChI is InChI=1S/C15H17NO5S/c1-3-12-13(14(17)18)22-15(19)16(12)8-9-21-11-6-4-10(20-2)5-7-11/h4-7H,3,8-9H2,1-2H3,(H,17,18). The first kappa shape index (κ1) is 16.1. The Balaban J connectivity index is 2.05. The molecule has 0 bridgehead atoms. The van der Waals surface area contributed by atoms with Gasteiger partial charge in [-0.2, -0.15) is 0 Å². The fourth-order valence-corrected chi connectivity index (χ4v) is 3.05. The summed E-state index contributed by atoms with van der Waals surface area (Å²) in [6.45, 7) is 2.43. The summed E-state index contributed by atoms with van der Waals surface area (Å²) in [6.07, 6.45) is 0.489. The molecule has 2 rings (SSSR count). The molecule has 0 saturated heterocycles. The smallest absolute Gasteiger partial charge is 0.347 e. The Labute approximate surface area is 131 Å². The fourth-order valence-electron chi connectivity index (χ4n) is 2.11. The van der Waals surface area contributed by atoms with Gasteiger partial charge in [0.1, 0.15) is 23.0 Å². The van der Waals surface area contributed by atoms with Crippen LogP contribution in [-0.2, 0) is 13.0 Å². The van der Waals surface area contributed by atoms with Crippen LogP contribution < -0.4 is 14.3 Å². The minimum Gasteiger partial charge on any atom is -0.497 e. The lowest BCUT2D eigenvalue weighted by atomic mass is 10.3. The van der Waals surface area contributed by atoms with Gasteiger partial charge in [0.25, 0.3) is 0 Å². The molecule has 0 amide bonds. The molecule has 7 heteroatoms. The quantitative estimate of drug-likeness (QED) is 0.845. The van der Waals surface area contributed by atoms with Crippen molar-refractivity contribution in [3.63, 3.8) is 0 Å². The molecule has 0 aliphatic heterocycles. The highest BCUT2D eigenvalue weighted by Crippen LogP contribution is 2.17. The van der Waals surface area contributed by atoms with Crippen LogP contribution in [0.4, 0.5) is 0 Å². The fraction of sp³-hybridized carbons (Fsp3) is 0.333. The lowest BCUT2D eigenvalue weighted by Gasteiger charge is -2.09. The first-order chi connectivity index (χ1) is 10.6. The zero-order valence-electron chi connectivity index (χ0n) is 12.4. The van der Waals surface area contributed by atoms with Crippen LogP contribution in [0.5, 0.6) is 11.5 Å². The first-order valence-corrected chi connectivity index (χ1v) is 7.61. The number of ether oxygens (including phenoxy) is 2. The van der Waals surface area contributed by atoms with Crippen LogP contribution in [-0.4, -0.2) is 29.4 Å². The maximum absolute atomic E-state index is 11.9. The van der Waals surface area contributed by atoms with Gasteiger partial charge in [-0.3, -0.25) is 9.36 Å². The lowest BCUT2D eigenvalue weighted by Crippen LogP contribution is -2.20. The highest BCUT2D eigenvalue weighted by Gasteiger charge is 2.18.